The Bertz CT molecular complexity index is 321. The van der Waals surface area contributed by atoms with Crippen LogP contribution in [0, 0.1) is 16.0 Å². The van der Waals surface area contributed by atoms with Gasteiger partial charge < -0.3 is 15.4 Å². The topological polar surface area (TPSA) is 83.8 Å². The van der Waals surface area contributed by atoms with Gasteiger partial charge in [-0.15, -0.1) is 0 Å². The molecule has 2 N–H and O–H groups in total. The summed E-state index contributed by atoms with van der Waals surface area (Å²) in [5.41, 5.74) is 0. The molecule has 1 unspecified atom stereocenters. The Balaban J connectivity index is 2.64. The quantitative estimate of drug-likeness (QED) is 0.570. The van der Waals surface area contributed by atoms with E-state index in [1.54, 1.807) is 0 Å². The average Bonchev–Trinajstić information content (AvgIpc) is 2.52. The van der Waals surface area contributed by atoms with E-state index in [0.29, 0.717) is 11.9 Å². The van der Waals surface area contributed by atoms with Crippen molar-refractivity contribution in [2.75, 3.05) is 5.32 Å². The van der Waals surface area contributed by atoms with Gasteiger partial charge in [-0.25, -0.2) is 4.98 Å². The SMILES string of the molecule is CC(C)C(C)Nc1ncc([N+](=O)[O-])[nH]1. The number of aromatic nitrogens is 2. The van der Waals surface area contributed by atoms with Crippen LogP contribution in [0.5, 0.6) is 0 Å². The van der Waals surface area contributed by atoms with Crippen LogP contribution in [0.3, 0.4) is 0 Å². The van der Waals surface area contributed by atoms with Crippen LogP contribution in [-0.2, 0) is 0 Å². The molecule has 0 aliphatic rings. The fraction of sp³-hybridized carbons (Fsp3) is 0.625. The van der Waals surface area contributed by atoms with E-state index in [0.717, 1.165) is 0 Å². The third-order valence-corrected chi connectivity index (χ3v) is 2.12. The highest BCUT2D eigenvalue weighted by Crippen LogP contribution is 2.12. The largest absolute Gasteiger partial charge is 0.358 e. The molecule has 14 heavy (non-hydrogen) atoms. The number of H-pyrrole nitrogens is 1. The van der Waals surface area contributed by atoms with Crippen LogP contribution in [0.25, 0.3) is 0 Å². The van der Waals surface area contributed by atoms with E-state index in [-0.39, 0.29) is 11.9 Å². The summed E-state index contributed by atoms with van der Waals surface area (Å²) in [5.74, 6) is 0.792. The standard InChI is InChI=1S/C8H14N4O2/c1-5(2)6(3)10-8-9-4-7(11-8)12(13)14/h4-6H,1-3H3,(H2,9,10,11). The van der Waals surface area contributed by atoms with Crippen LogP contribution in [-0.4, -0.2) is 20.9 Å². The first-order chi connectivity index (χ1) is 6.50. The van der Waals surface area contributed by atoms with Crippen molar-refractivity contribution in [2.45, 2.75) is 26.8 Å². The van der Waals surface area contributed by atoms with Gasteiger partial charge in [0.25, 0.3) is 5.95 Å². The molecule has 0 spiro atoms. The number of nitrogens with one attached hydrogen (secondary N) is 2. The minimum atomic E-state index is -0.502. The Morgan fingerprint density at radius 1 is 1.57 bits per heavy atom. The monoisotopic (exact) mass is 198 g/mol. The highest BCUT2D eigenvalue weighted by Gasteiger charge is 2.13. The summed E-state index contributed by atoms with van der Waals surface area (Å²) in [6, 6.07) is 0.223. The minimum absolute atomic E-state index is 0.0940. The van der Waals surface area contributed by atoms with Crippen molar-refractivity contribution in [2.24, 2.45) is 5.92 Å². The van der Waals surface area contributed by atoms with E-state index in [1.165, 1.54) is 6.20 Å². The predicted octanol–water partition coefficient (Wildman–Crippen LogP) is 1.77. The zero-order valence-corrected chi connectivity index (χ0v) is 8.44. The lowest BCUT2D eigenvalue weighted by molar-refractivity contribution is -0.389. The fourth-order valence-electron chi connectivity index (χ4n) is 0.860. The molecule has 1 aromatic rings. The summed E-state index contributed by atoms with van der Waals surface area (Å²) in [6.07, 6.45) is 1.20. The number of imidazole rings is 1. The molecular weight excluding hydrogens is 184 g/mol. The molecule has 0 saturated carbocycles. The van der Waals surface area contributed by atoms with E-state index < -0.39 is 4.92 Å². The summed E-state index contributed by atoms with van der Waals surface area (Å²) in [6.45, 7) is 6.13. The molecule has 0 aliphatic carbocycles. The first-order valence-electron chi connectivity index (χ1n) is 4.46. The van der Waals surface area contributed by atoms with Crippen LogP contribution in [0.15, 0.2) is 6.20 Å². The van der Waals surface area contributed by atoms with Crippen LogP contribution in [0.1, 0.15) is 20.8 Å². The maximum atomic E-state index is 10.3. The second-order valence-corrected chi connectivity index (χ2v) is 3.55. The van der Waals surface area contributed by atoms with E-state index >= 15 is 0 Å². The Hall–Kier alpha value is -1.59. The lowest BCUT2D eigenvalue weighted by Crippen LogP contribution is -2.22. The van der Waals surface area contributed by atoms with Gasteiger partial charge in [0.1, 0.15) is 6.20 Å². The Kier molecular flexibility index (Phi) is 3.06. The summed E-state index contributed by atoms with van der Waals surface area (Å²) in [4.78, 5) is 16.3. The van der Waals surface area contributed by atoms with Crippen molar-refractivity contribution in [3.63, 3.8) is 0 Å². The van der Waals surface area contributed by atoms with Crippen LogP contribution in [0.4, 0.5) is 11.8 Å². The molecule has 0 radical (unpaired) electrons. The number of anilines is 1. The number of nitrogens with zero attached hydrogens (tertiary/aromatic N) is 2. The van der Waals surface area contributed by atoms with Crippen molar-refractivity contribution < 1.29 is 4.92 Å². The second kappa shape index (κ2) is 4.08. The van der Waals surface area contributed by atoms with Gasteiger partial charge in [0.15, 0.2) is 0 Å². The molecule has 1 heterocycles. The molecule has 1 aromatic heterocycles. The van der Waals surface area contributed by atoms with Gasteiger partial charge >= 0.3 is 5.82 Å². The molecule has 0 aliphatic heterocycles. The van der Waals surface area contributed by atoms with Crippen LogP contribution >= 0.6 is 0 Å². The van der Waals surface area contributed by atoms with Crippen molar-refractivity contribution in [3.8, 4) is 0 Å². The summed E-state index contributed by atoms with van der Waals surface area (Å²) >= 11 is 0. The Morgan fingerprint density at radius 3 is 2.64 bits per heavy atom. The zero-order chi connectivity index (χ0) is 10.7. The van der Waals surface area contributed by atoms with E-state index in [1.807, 2.05) is 6.92 Å². The molecular formula is C8H14N4O2. The van der Waals surface area contributed by atoms with Gasteiger partial charge in [-0.05, 0) is 17.8 Å². The lowest BCUT2D eigenvalue weighted by Gasteiger charge is -2.14. The highest BCUT2D eigenvalue weighted by atomic mass is 16.6. The van der Waals surface area contributed by atoms with Gasteiger partial charge in [-0.3, -0.25) is 0 Å². The Labute approximate surface area is 81.9 Å². The van der Waals surface area contributed by atoms with E-state index in [4.69, 9.17) is 0 Å². The maximum absolute atomic E-state index is 10.3. The number of nitro groups is 1. The smallest absolute Gasteiger partial charge is 0.342 e. The predicted molar refractivity (Wildman–Crippen MR) is 53.2 cm³/mol. The van der Waals surface area contributed by atoms with Crippen LogP contribution < -0.4 is 5.32 Å². The first-order valence-corrected chi connectivity index (χ1v) is 4.46. The number of hydrogen-bond acceptors (Lipinski definition) is 4. The van der Waals surface area contributed by atoms with Crippen molar-refractivity contribution in [3.05, 3.63) is 16.3 Å². The molecule has 0 saturated heterocycles. The van der Waals surface area contributed by atoms with Crippen molar-refractivity contribution in [1.29, 1.82) is 0 Å². The summed E-state index contributed by atoms with van der Waals surface area (Å²) < 4.78 is 0. The van der Waals surface area contributed by atoms with Gasteiger partial charge in [0.05, 0.1) is 0 Å². The summed E-state index contributed by atoms with van der Waals surface area (Å²) in [7, 11) is 0. The van der Waals surface area contributed by atoms with Crippen molar-refractivity contribution >= 4 is 11.8 Å². The highest BCUT2D eigenvalue weighted by molar-refractivity contribution is 5.33. The fourth-order valence-corrected chi connectivity index (χ4v) is 0.860. The average molecular weight is 198 g/mol. The summed E-state index contributed by atoms with van der Waals surface area (Å²) in [5, 5.41) is 13.4. The Morgan fingerprint density at radius 2 is 2.21 bits per heavy atom. The molecule has 78 valence electrons. The van der Waals surface area contributed by atoms with E-state index in [2.05, 4.69) is 29.1 Å². The van der Waals surface area contributed by atoms with E-state index in [9.17, 15) is 10.1 Å². The molecule has 1 rings (SSSR count). The van der Waals surface area contributed by atoms with Gasteiger partial charge in [0.2, 0.25) is 0 Å². The molecule has 0 bridgehead atoms. The van der Waals surface area contributed by atoms with Gasteiger partial charge in [-0.1, -0.05) is 13.8 Å². The second-order valence-electron chi connectivity index (χ2n) is 3.55. The molecule has 1 atom stereocenters. The number of aromatic amines is 1. The van der Waals surface area contributed by atoms with Crippen LogP contribution in [0.2, 0.25) is 0 Å². The third kappa shape index (κ3) is 2.45. The third-order valence-electron chi connectivity index (χ3n) is 2.12. The molecule has 6 nitrogen and oxygen atoms in total. The normalized spacial score (nSPS) is 12.9. The molecule has 0 amide bonds. The zero-order valence-electron chi connectivity index (χ0n) is 8.44. The number of rotatable bonds is 4. The lowest BCUT2D eigenvalue weighted by atomic mass is 10.1. The number of hydrogen-bond donors (Lipinski definition) is 2. The molecule has 0 fully saturated rings. The molecule has 0 aromatic carbocycles. The van der Waals surface area contributed by atoms with Gasteiger partial charge in [0, 0.05) is 6.04 Å². The molecule has 6 heteroatoms. The van der Waals surface area contributed by atoms with Gasteiger partial charge in [-0.2, -0.15) is 4.98 Å². The maximum Gasteiger partial charge on any atom is 0.342 e. The minimum Gasteiger partial charge on any atom is -0.358 e. The van der Waals surface area contributed by atoms with Crippen molar-refractivity contribution in [1.82, 2.24) is 9.97 Å². The first kappa shape index (κ1) is 10.5.